The van der Waals surface area contributed by atoms with Crippen LogP contribution >= 0.6 is 0 Å². The van der Waals surface area contributed by atoms with Gasteiger partial charge in [0.1, 0.15) is 5.69 Å². The Morgan fingerprint density at radius 3 is 2.59 bits per heavy atom. The van der Waals surface area contributed by atoms with Crippen LogP contribution in [0.2, 0.25) is 0 Å². The number of rotatable bonds is 3. The lowest BCUT2D eigenvalue weighted by molar-refractivity contribution is 0.716. The number of benzene rings is 1. The Labute approximate surface area is 155 Å². The zero-order valence-corrected chi connectivity index (χ0v) is 15.1. The molecular formula is C20H18N6O. The molecule has 4 aromatic rings. The summed E-state index contributed by atoms with van der Waals surface area (Å²) in [5, 5.41) is 10.6. The van der Waals surface area contributed by atoms with Crippen LogP contribution in [0, 0.1) is 6.92 Å². The first-order valence-corrected chi connectivity index (χ1v) is 8.98. The minimum Gasteiger partial charge on any atom is -0.267 e. The fraction of sp³-hybridized carbons (Fsp3) is 0.250. The molecule has 27 heavy (non-hydrogen) atoms. The van der Waals surface area contributed by atoms with E-state index in [0.29, 0.717) is 28.6 Å². The smallest absolute Gasteiger partial charge is 0.267 e. The summed E-state index contributed by atoms with van der Waals surface area (Å²) in [5.41, 5.74) is 1.60. The molecule has 1 aliphatic carbocycles. The van der Waals surface area contributed by atoms with Crippen molar-refractivity contribution in [1.29, 1.82) is 0 Å². The predicted octanol–water partition coefficient (Wildman–Crippen LogP) is 2.76. The third kappa shape index (κ3) is 2.63. The quantitative estimate of drug-likeness (QED) is 0.563. The van der Waals surface area contributed by atoms with Crippen molar-refractivity contribution >= 4 is 10.8 Å². The molecule has 0 unspecified atom stereocenters. The zero-order chi connectivity index (χ0) is 18.5. The molecule has 1 saturated carbocycles. The molecule has 1 aromatic carbocycles. The standard InChI is InChI=1S/C20H18N6O/c1-12-9-10-21-16(11-12)26-19(22-18(24-26)13-7-8-13)17-14-5-3-4-6-15(14)20(27)25(2)23-17/h3-6,9-11,13H,7-8H2,1-2H3. The molecule has 0 aliphatic heterocycles. The lowest BCUT2D eigenvalue weighted by Crippen LogP contribution is -2.21. The third-order valence-corrected chi connectivity index (χ3v) is 4.85. The average molecular weight is 358 g/mol. The van der Waals surface area contributed by atoms with Gasteiger partial charge < -0.3 is 0 Å². The van der Waals surface area contributed by atoms with Crippen molar-refractivity contribution in [2.45, 2.75) is 25.7 Å². The highest BCUT2D eigenvalue weighted by molar-refractivity contribution is 5.92. The van der Waals surface area contributed by atoms with Gasteiger partial charge in [-0.05, 0) is 43.5 Å². The first-order valence-electron chi connectivity index (χ1n) is 8.98. The molecule has 5 rings (SSSR count). The van der Waals surface area contributed by atoms with Crippen molar-refractivity contribution in [3.63, 3.8) is 0 Å². The van der Waals surface area contributed by atoms with Gasteiger partial charge in [-0.3, -0.25) is 4.79 Å². The van der Waals surface area contributed by atoms with Gasteiger partial charge in [-0.15, -0.1) is 5.10 Å². The van der Waals surface area contributed by atoms with E-state index in [1.54, 1.807) is 17.9 Å². The summed E-state index contributed by atoms with van der Waals surface area (Å²) in [6.07, 6.45) is 3.97. The van der Waals surface area contributed by atoms with Crippen LogP contribution in [0.15, 0.2) is 47.4 Å². The lowest BCUT2D eigenvalue weighted by Gasteiger charge is -2.09. The van der Waals surface area contributed by atoms with E-state index in [-0.39, 0.29) is 5.56 Å². The van der Waals surface area contributed by atoms with Gasteiger partial charge in [0.25, 0.3) is 5.56 Å². The Kier molecular flexibility index (Phi) is 3.43. The van der Waals surface area contributed by atoms with Gasteiger partial charge >= 0.3 is 0 Å². The van der Waals surface area contributed by atoms with Crippen molar-refractivity contribution in [3.8, 4) is 17.3 Å². The van der Waals surface area contributed by atoms with E-state index in [1.807, 2.05) is 43.3 Å². The van der Waals surface area contributed by atoms with Crippen molar-refractivity contribution < 1.29 is 0 Å². The molecule has 0 bridgehead atoms. The zero-order valence-electron chi connectivity index (χ0n) is 15.1. The van der Waals surface area contributed by atoms with Crippen LogP contribution < -0.4 is 5.56 Å². The van der Waals surface area contributed by atoms with E-state index in [2.05, 4.69) is 10.1 Å². The molecule has 0 radical (unpaired) electrons. The maximum atomic E-state index is 12.5. The summed E-state index contributed by atoms with van der Waals surface area (Å²) >= 11 is 0. The Balaban J connectivity index is 1.82. The fourth-order valence-corrected chi connectivity index (χ4v) is 3.26. The Bertz CT molecular complexity index is 1230. The minimum absolute atomic E-state index is 0.128. The van der Waals surface area contributed by atoms with E-state index < -0.39 is 0 Å². The minimum atomic E-state index is -0.128. The second kappa shape index (κ2) is 5.84. The Morgan fingerprint density at radius 1 is 1.07 bits per heavy atom. The molecule has 1 fully saturated rings. The van der Waals surface area contributed by atoms with Gasteiger partial charge in [0.2, 0.25) is 0 Å². The molecule has 0 N–H and O–H groups in total. The largest absolute Gasteiger partial charge is 0.274 e. The third-order valence-electron chi connectivity index (χ3n) is 4.85. The molecule has 7 heteroatoms. The Morgan fingerprint density at radius 2 is 1.85 bits per heavy atom. The summed E-state index contributed by atoms with van der Waals surface area (Å²) in [4.78, 5) is 21.8. The van der Waals surface area contributed by atoms with E-state index in [4.69, 9.17) is 10.1 Å². The lowest BCUT2D eigenvalue weighted by atomic mass is 10.1. The molecule has 3 heterocycles. The number of aryl methyl sites for hydroxylation is 2. The molecule has 7 nitrogen and oxygen atoms in total. The molecule has 0 spiro atoms. The second-order valence-corrected chi connectivity index (χ2v) is 6.99. The van der Waals surface area contributed by atoms with Crippen LogP contribution in [0.3, 0.4) is 0 Å². The number of hydrogen-bond acceptors (Lipinski definition) is 5. The van der Waals surface area contributed by atoms with Crippen molar-refractivity contribution in [1.82, 2.24) is 29.5 Å². The van der Waals surface area contributed by atoms with Gasteiger partial charge in [0.15, 0.2) is 17.5 Å². The van der Waals surface area contributed by atoms with Crippen molar-refractivity contribution in [2.75, 3.05) is 0 Å². The van der Waals surface area contributed by atoms with E-state index in [1.165, 1.54) is 4.68 Å². The van der Waals surface area contributed by atoms with Crippen LogP contribution in [0.4, 0.5) is 0 Å². The van der Waals surface area contributed by atoms with Crippen LogP contribution in [0.25, 0.3) is 28.1 Å². The van der Waals surface area contributed by atoms with E-state index >= 15 is 0 Å². The van der Waals surface area contributed by atoms with Crippen LogP contribution in [-0.4, -0.2) is 29.5 Å². The fourth-order valence-electron chi connectivity index (χ4n) is 3.26. The summed E-state index contributed by atoms with van der Waals surface area (Å²) in [6.45, 7) is 2.02. The maximum Gasteiger partial charge on any atom is 0.274 e. The number of hydrogen-bond donors (Lipinski definition) is 0. The van der Waals surface area contributed by atoms with Crippen LogP contribution in [-0.2, 0) is 7.05 Å². The topological polar surface area (TPSA) is 78.5 Å². The molecule has 1 aliphatic rings. The predicted molar refractivity (Wildman–Crippen MR) is 102 cm³/mol. The average Bonchev–Trinajstić information content (AvgIpc) is 3.44. The van der Waals surface area contributed by atoms with Gasteiger partial charge in [0.05, 0.1) is 5.39 Å². The number of aromatic nitrogens is 6. The van der Waals surface area contributed by atoms with E-state index in [0.717, 1.165) is 29.6 Å². The second-order valence-electron chi connectivity index (χ2n) is 6.99. The molecular weight excluding hydrogens is 340 g/mol. The molecule has 134 valence electrons. The molecule has 3 aromatic heterocycles. The van der Waals surface area contributed by atoms with E-state index in [9.17, 15) is 4.79 Å². The molecule has 0 atom stereocenters. The number of pyridine rings is 1. The summed E-state index contributed by atoms with van der Waals surface area (Å²) in [7, 11) is 1.66. The van der Waals surface area contributed by atoms with Crippen molar-refractivity contribution in [2.24, 2.45) is 7.05 Å². The SMILES string of the molecule is Cc1ccnc(-n2nc(C3CC3)nc2-c2nn(C)c(=O)c3ccccc23)c1. The highest BCUT2D eigenvalue weighted by atomic mass is 16.1. The first-order chi connectivity index (χ1) is 13.1. The van der Waals surface area contributed by atoms with Gasteiger partial charge in [-0.1, -0.05) is 18.2 Å². The highest BCUT2D eigenvalue weighted by Gasteiger charge is 2.30. The Hall–Kier alpha value is -3.35. The van der Waals surface area contributed by atoms with Gasteiger partial charge in [-0.25, -0.2) is 14.6 Å². The monoisotopic (exact) mass is 358 g/mol. The van der Waals surface area contributed by atoms with Gasteiger partial charge in [0, 0.05) is 24.5 Å². The molecule has 0 saturated heterocycles. The van der Waals surface area contributed by atoms with Crippen LogP contribution in [0.5, 0.6) is 0 Å². The van der Waals surface area contributed by atoms with Gasteiger partial charge in [-0.2, -0.15) is 9.78 Å². The number of nitrogens with zero attached hydrogens (tertiary/aromatic N) is 6. The summed E-state index contributed by atoms with van der Waals surface area (Å²) in [5.74, 6) is 2.52. The summed E-state index contributed by atoms with van der Waals surface area (Å²) < 4.78 is 3.11. The maximum absolute atomic E-state index is 12.5. The first kappa shape index (κ1) is 15.9. The van der Waals surface area contributed by atoms with Crippen molar-refractivity contribution in [3.05, 3.63) is 64.3 Å². The highest BCUT2D eigenvalue weighted by Crippen LogP contribution is 2.39. The normalized spacial score (nSPS) is 14.0. The summed E-state index contributed by atoms with van der Waals surface area (Å²) in [6, 6.07) is 11.4. The number of fused-ring (bicyclic) bond motifs is 1. The van der Waals surface area contributed by atoms with Crippen LogP contribution in [0.1, 0.15) is 30.1 Å². The molecule has 0 amide bonds.